The van der Waals surface area contributed by atoms with Crippen molar-refractivity contribution in [3.63, 3.8) is 0 Å². The Morgan fingerprint density at radius 3 is 2.43 bits per heavy atom. The number of esters is 2. The van der Waals surface area contributed by atoms with Gasteiger partial charge in [0.2, 0.25) is 5.56 Å². The van der Waals surface area contributed by atoms with E-state index in [4.69, 9.17) is 9.47 Å². The third kappa shape index (κ3) is 9.93. The Balaban J connectivity index is 1.07. The number of fused-ring (bicyclic) bond motifs is 1. The fourth-order valence-corrected chi connectivity index (χ4v) is 7.44. The van der Waals surface area contributed by atoms with E-state index in [1.54, 1.807) is 5.38 Å². The average molecular weight is 810 g/mol. The standard InChI is InChI=1S/C37H37F6N5O7S/c1-22-45-27(20-56-22)32(50)48-15-16-53-35(21-48)10-13-47(14-11-35)19-24-4-2-3-23(17-24)9-12-44-18-29(55-34(52)37(41,42)43)25-5-7-28(54-33(51)36(38,39)40)31-26(25)6-8-30(49)46-31/h2-8,17,20,29,44H,9-16,18-19,21H2,1H3,(H,46,49)/t29-/m0/s1. The number of morpholine rings is 1. The molecule has 56 heavy (non-hydrogen) atoms. The molecular weight excluding hydrogens is 772 g/mol. The second-order valence-corrected chi connectivity index (χ2v) is 14.7. The van der Waals surface area contributed by atoms with E-state index in [9.17, 15) is 45.5 Å². The minimum Gasteiger partial charge on any atom is -0.449 e. The first-order valence-corrected chi connectivity index (χ1v) is 18.5. The van der Waals surface area contributed by atoms with Crippen LogP contribution in [0.1, 0.15) is 51.1 Å². The van der Waals surface area contributed by atoms with Crippen LogP contribution in [0, 0.1) is 6.92 Å². The van der Waals surface area contributed by atoms with Gasteiger partial charge in [-0.25, -0.2) is 14.6 Å². The Bertz CT molecular complexity index is 2130. The molecule has 2 fully saturated rings. The van der Waals surface area contributed by atoms with Crippen LogP contribution < -0.4 is 15.6 Å². The van der Waals surface area contributed by atoms with Gasteiger partial charge in [-0.2, -0.15) is 26.3 Å². The maximum atomic E-state index is 13.3. The van der Waals surface area contributed by atoms with Crippen molar-refractivity contribution in [1.82, 2.24) is 25.1 Å². The van der Waals surface area contributed by atoms with Crippen LogP contribution in [0.5, 0.6) is 5.75 Å². The van der Waals surface area contributed by atoms with E-state index >= 15 is 0 Å². The highest BCUT2D eigenvalue weighted by Crippen LogP contribution is 2.34. The van der Waals surface area contributed by atoms with E-state index in [1.807, 2.05) is 36.1 Å². The summed E-state index contributed by atoms with van der Waals surface area (Å²) in [5, 5.41) is 5.49. The monoisotopic (exact) mass is 809 g/mol. The van der Waals surface area contributed by atoms with Crippen molar-refractivity contribution in [1.29, 1.82) is 0 Å². The van der Waals surface area contributed by atoms with Crippen LogP contribution in [0.15, 0.2) is 58.7 Å². The number of benzene rings is 2. The number of thiazole rings is 1. The third-order valence-corrected chi connectivity index (χ3v) is 10.4. The second-order valence-electron chi connectivity index (χ2n) is 13.6. The van der Waals surface area contributed by atoms with Crippen LogP contribution in [0.25, 0.3) is 10.9 Å². The average Bonchev–Trinajstić information content (AvgIpc) is 3.59. The Hall–Kier alpha value is -4.85. The molecule has 1 atom stereocenters. The second kappa shape index (κ2) is 16.7. The number of aryl methyl sites for hydroxylation is 1. The fraction of sp³-hybridized carbons (Fsp3) is 0.432. The van der Waals surface area contributed by atoms with Crippen LogP contribution in [0.2, 0.25) is 0 Å². The minimum absolute atomic E-state index is 0.0829. The van der Waals surface area contributed by atoms with Crippen molar-refractivity contribution in [2.24, 2.45) is 0 Å². The van der Waals surface area contributed by atoms with Gasteiger partial charge in [-0.1, -0.05) is 30.3 Å². The zero-order valence-corrected chi connectivity index (χ0v) is 30.7. The molecule has 300 valence electrons. The number of likely N-dealkylation sites (tertiary alicyclic amines) is 1. The Kier molecular flexibility index (Phi) is 12.2. The van der Waals surface area contributed by atoms with Crippen LogP contribution >= 0.6 is 11.3 Å². The number of H-pyrrole nitrogens is 1. The van der Waals surface area contributed by atoms with Gasteiger partial charge >= 0.3 is 24.3 Å². The number of piperidine rings is 1. The highest BCUT2D eigenvalue weighted by atomic mass is 32.1. The molecule has 2 N–H and O–H groups in total. The van der Waals surface area contributed by atoms with E-state index in [2.05, 4.69) is 24.9 Å². The van der Waals surface area contributed by atoms with E-state index in [1.165, 1.54) is 11.3 Å². The summed E-state index contributed by atoms with van der Waals surface area (Å²) < 4.78 is 94.0. The van der Waals surface area contributed by atoms with Gasteiger partial charge in [0.15, 0.2) is 5.75 Å². The molecule has 2 aliphatic heterocycles. The summed E-state index contributed by atoms with van der Waals surface area (Å²) in [4.78, 5) is 59.3. The molecule has 2 aromatic carbocycles. The number of carbonyl (C=O) groups is 3. The Labute approximate surface area is 319 Å². The van der Waals surface area contributed by atoms with Gasteiger partial charge in [0, 0.05) is 55.1 Å². The number of hydrogen-bond acceptors (Lipinski definition) is 11. The lowest BCUT2D eigenvalue weighted by atomic mass is 9.89. The maximum absolute atomic E-state index is 13.3. The summed E-state index contributed by atoms with van der Waals surface area (Å²) in [6.07, 6.45) is -10.4. The summed E-state index contributed by atoms with van der Waals surface area (Å²) >= 11 is 1.44. The van der Waals surface area contributed by atoms with Crippen molar-refractivity contribution in [3.05, 3.63) is 91.7 Å². The van der Waals surface area contributed by atoms with Gasteiger partial charge in [0.1, 0.15) is 11.8 Å². The molecule has 4 heterocycles. The fourth-order valence-electron chi connectivity index (χ4n) is 6.85. The molecule has 0 unspecified atom stereocenters. The number of alkyl halides is 6. The molecule has 2 saturated heterocycles. The molecule has 0 saturated carbocycles. The molecule has 12 nitrogen and oxygen atoms in total. The highest BCUT2D eigenvalue weighted by Gasteiger charge is 2.44. The molecule has 1 amide bonds. The third-order valence-electron chi connectivity index (χ3n) is 9.61. The molecule has 0 aliphatic carbocycles. The van der Waals surface area contributed by atoms with Gasteiger partial charge in [0.25, 0.3) is 5.91 Å². The quantitative estimate of drug-likeness (QED) is 0.0894. The highest BCUT2D eigenvalue weighted by molar-refractivity contribution is 7.09. The van der Waals surface area contributed by atoms with Crippen LogP contribution in [0.4, 0.5) is 26.3 Å². The molecular formula is C37H37F6N5O7S. The first-order valence-electron chi connectivity index (χ1n) is 17.6. The van der Waals surface area contributed by atoms with Gasteiger partial charge in [-0.15, -0.1) is 11.3 Å². The van der Waals surface area contributed by atoms with Crippen LogP contribution in [0.3, 0.4) is 0 Å². The Morgan fingerprint density at radius 1 is 1.00 bits per heavy atom. The van der Waals surface area contributed by atoms with E-state index < -0.39 is 52.8 Å². The number of hydrogen-bond donors (Lipinski definition) is 2. The van der Waals surface area contributed by atoms with Gasteiger partial charge in [-0.3, -0.25) is 14.5 Å². The summed E-state index contributed by atoms with van der Waals surface area (Å²) in [5.41, 5.74) is 0.710. The zero-order chi connectivity index (χ0) is 40.3. The summed E-state index contributed by atoms with van der Waals surface area (Å²) in [5.74, 6) is -5.87. The Morgan fingerprint density at radius 2 is 1.73 bits per heavy atom. The number of nitrogens with zero attached hydrogens (tertiary/aromatic N) is 3. The lowest BCUT2D eigenvalue weighted by Gasteiger charge is -2.47. The molecule has 19 heteroatoms. The molecule has 1 spiro atoms. The molecule has 0 radical (unpaired) electrons. The number of aromatic amines is 1. The first kappa shape index (κ1) is 40.8. The van der Waals surface area contributed by atoms with Crippen molar-refractivity contribution in [3.8, 4) is 5.75 Å². The number of rotatable bonds is 11. The minimum atomic E-state index is -5.37. The van der Waals surface area contributed by atoms with E-state index in [0.29, 0.717) is 38.4 Å². The predicted molar refractivity (Wildman–Crippen MR) is 190 cm³/mol. The number of pyridine rings is 1. The summed E-state index contributed by atoms with van der Waals surface area (Å²) in [6, 6.07) is 11.8. The lowest BCUT2D eigenvalue weighted by Crippen LogP contribution is -2.58. The number of aromatic nitrogens is 2. The van der Waals surface area contributed by atoms with Crippen molar-refractivity contribution in [2.45, 2.75) is 56.8 Å². The van der Waals surface area contributed by atoms with Gasteiger partial charge < -0.3 is 29.4 Å². The van der Waals surface area contributed by atoms with E-state index in [-0.39, 0.29) is 29.9 Å². The van der Waals surface area contributed by atoms with Crippen LogP contribution in [-0.2, 0) is 32.0 Å². The zero-order valence-electron chi connectivity index (χ0n) is 29.9. The van der Waals surface area contributed by atoms with Crippen molar-refractivity contribution < 1.29 is 54.9 Å². The number of amides is 1. The van der Waals surface area contributed by atoms with Crippen molar-refractivity contribution >= 4 is 40.1 Å². The SMILES string of the molecule is Cc1nc(C(=O)N2CCOC3(CCN(Cc4cccc(CCNC[C@H](OC(=O)C(F)(F)F)c5ccc(OC(=O)C(F)(F)F)c6[nH]c(=O)ccc56)c4)CC3)C2)cs1. The first-order chi connectivity index (χ1) is 26.5. The van der Waals surface area contributed by atoms with Crippen LogP contribution in [-0.4, -0.2) is 101 Å². The molecule has 0 bridgehead atoms. The normalized spacial score (nSPS) is 16.9. The summed E-state index contributed by atoms with van der Waals surface area (Å²) in [7, 11) is 0. The number of nitrogens with one attached hydrogen (secondary N) is 2. The maximum Gasteiger partial charge on any atom is 0.491 e. The number of halogens is 6. The molecule has 2 aliphatic rings. The van der Waals surface area contributed by atoms with Crippen molar-refractivity contribution in [2.75, 3.05) is 45.9 Å². The van der Waals surface area contributed by atoms with E-state index in [0.717, 1.165) is 66.3 Å². The molecule has 4 aromatic rings. The topological polar surface area (TPSA) is 143 Å². The predicted octanol–water partition coefficient (Wildman–Crippen LogP) is 5.25. The molecule has 2 aromatic heterocycles. The smallest absolute Gasteiger partial charge is 0.449 e. The van der Waals surface area contributed by atoms with Gasteiger partial charge in [-0.05, 0) is 56.0 Å². The van der Waals surface area contributed by atoms with Gasteiger partial charge in [0.05, 0.1) is 29.3 Å². The largest absolute Gasteiger partial charge is 0.491 e. The molecule has 6 rings (SSSR count). The number of ether oxygens (including phenoxy) is 3. The summed E-state index contributed by atoms with van der Waals surface area (Å²) in [6.45, 7) is 5.42. The number of carbonyl (C=O) groups excluding carboxylic acids is 3. The lowest BCUT2D eigenvalue weighted by molar-refractivity contribution is -0.205.